The standard InChI is InChI=1S/C13H16O6/c1-8-5-9(16-2)6-10(13(15)18-4)12(8)19-7-11(14)17-3/h5-6H,7H2,1-4H3. The van der Waals surface area contributed by atoms with Crippen LogP contribution in [-0.4, -0.2) is 39.9 Å². The van der Waals surface area contributed by atoms with E-state index < -0.39 is 11.9 Å². The maximum Gasteiger partial charge on any atom is 0.343 e. The van der Waals surface area contributed by atoms with Crippen molar-refractivity contribution >= 4 is 11.9 Å². The van der Waals surface area contributed by atoms with Gasteiger partial charge in [-0.05, 0) is 24.6 Å². The monoisotopic (exact) mass is 268 g/mol. The molecule has 0 fully saturated rings. The van der Waals surface area contributed by atoms with Crippen molar-refractivity contribution in [3.63, 3.8) is 0 Å². The van der Waals surface area contributed by atoms with Gasteiger partial charge in [-0.1, -0.05) is 0 Å². The van der Waals surface area contributed by atoms with Crippen LogP contribution in [0.15, 0.2) is 12.1 Å². The fourth-order valence-corrected chi connectivity index (χ4v) is 1.50. The number of methoxy groups -OCH3 is 3. The maximum atomic E-state index is 11.7. The first-order chi connectivity index (χ1) is 9.03. The molecule has 1 rings (SSSR count). The van der Waals surface area contributed by atoms with Crippen LogP contribution in [0.3, 0.4) is 0 Å². The van der Waals surface area contributed by atoms with Crippen LogP contribution in [0.4, 0.5) is 0 Å². The van der Waals surface area contributed by atoms with Crippen LogP contribution in [0, 0.1) is 6.92 Å². The van der Waals surface area contributed by atoms with E-state index in [9.17, 15) is 9.59 Å². The lowest BCUT2D eigenvalue weighted by Crippen LogP contribution is -2.15. The number of aryl methyl sites for hydroxylation is 1. The summed E-state index contributed by atoms with van der Waals surface area (Å²) in [5.41, 5.74) is 0.854. The molecular weight excluding hydrogens is 252 g/mol. The summed E-state index contributed by atoms with van der Waals surface area (Å²) in [4.78, 5) is 22.8. The summed E-state index contributed by atoms with van der Waals surface area (Å²) in [6.07, 6.45) is 0. The molecule has 0 aromatic heterocycles. The number of ether oxygens (including phenoxy) is 4. The molecule has 0 saturated heterocycles. The highest BCUT2D eigenvalue weighted by molar-refractivity contribution is 5.93. The van der Waals surface area contributed by atoms with Gasteiger partial charge >= 0.3 is 11.9 Å². The molecule has 1 aromatic carbocycles. The molecule has 0 unspecified atom stereocenters. The van der Waals surface area contributed by atoms with Gasteiger partial charge < -0.3 is 18.9 Å². The van der Waals surface area contributed by atoms with Gasteiger partial charge in [-0.25, -0.2) is 9.59 Å². The number of esters is 2. The van der Waals surface area contributed by atoms with E-state index in [0.29, 0.717) is 11.3 Å². The average molecular weight is 268 g/mol. The first-order valence-electron chi connectivity index (χ1n) is 5.50. The van der Waals surface area contributed by atoms with Crippen LogP contribution in [0.1, 0.15) is 15.9 Å². The van der Waals surface area contributed by atoms with Crippen molar-refractivity contribution in [2.45, 2.75) is 6.92 Å². The molecule has 6 heteroatoms. The Morgan fingerprint density at radius 3 is 2.32 bits per heavy atom. The van der Waals surface area contributed by atoms with Gasteiger partial charge in [-0.2, -0.15) is 0 Å². The number of hydrogen-bond acceptors (Lipinski definition) is 6. The largest absolute Gasteiger partial charge is 0.497 e. The molecule has 19 heavy (non-hydrogen) atoms. The van der Waals surface area contributed by atoms with Crippen molar-refractivity contribution in [3.05, 3.63) is 23.3 Å². The van der Waals surface area contributed by atoms with Crippen LogP contribution in [-0.2, 0) is 14.3 Å². The second-order valence-electron chi connectivity index (χ2n) is 3.68. The molecule has 0 heterocycles. The average Bonchev–Trinajstić information content (AvgIpc) is 2.43. The van der Waals surface area contributed by atoms with E-state index in [1.807, 2.05) is 0 Å². The van der Waals surface area contributed by atoms with Crippen LogP contribution >= 0.6 is 0 Å². The lowest BCUT2D eigenvalue weighted by atomic mass is 10.1. The Hall–Kier alpha value is -2.24. The second-order valence-corrected chi connectivity index (χ2v) is 3.68. The van der Waals surface area contributed by atoms with E-state index in [1.165, 1.54) is 27.4 Å². The van der Waals surface area contributed by atoms with Crippen molar-refractivity contribution in [3.8, 4) is 11.5 Å². The molecule has 0 aliphatic rings. The fraction of sp³-hybridized carbons (Fsp3) is 0.385. The normalized spacial score (nSPS) is 9.68. The van der Waals surface area contributed by atoms with Gasteiger partial charge in [0.05, 0.1) is 21.3 Å². The highest BCUT2D eigenvalue weighted by atomic mass is 16.6. The van der Waals surface area contributed by atoms with Crippen molar-refractivity contribution in [2.24, 2.45) is 0 Å². The summed E-state index contributed by atoms with van der Waals surface area (Å²) < 4.78 is 19.5. The number of carbonyl (C=O) groups excluding carboxylic acids is 2. The Kier molecular flexibility index (Phi) is 5.17. The van der Waals surface area contributed by atoms with Crippen molar-refractivity contribution < 1.29 is 28.5 Å². The zero-order valence-electron chi connectivity index (χ0n) is 11.3. The van der Waals surface area contributed by atoms with Gasteiger partial charge in [0.2, 0.25) is 0 Å². The molecular formula is C13H16O6. The van der Waals surface area contributed by atoms with Gasteiger partial charge in [0, 0.05) is 0 Å². The predicted octanol–water partition coefficient (Wildman–Crippen LogP) is 1.34. The minimum Gasteiger partial charge on any atom is -0.497 e. The third-order valence-electron chi connectivity index (χ3n) is 2.45. The Bertz CT molecular complexity index is 480. The minimum atomic E-state index is -0.568. The van der Waals surface area contributed by atoms with Gasteiger partial charge in [0.15, 0.2) is 6.61 Å². The molecule has 0 saturated carbocycles. The van der Waals surface area contributed by atoms with Crippen LogP contribution in [0.2, 0.25) is 0 Å². The molecule has 6 nitrogen and oxygen atoms in total. The summed E-state index contributed by atoms with van der Waals surface area (Å²) in [5.74, 6) is -0.325. The molecule has 0 radical (unpaired) electrons. The summed E-state index contributed by atoms with van der Waals surface area (Å²) in [7, 11) is 4.01. The molecule has 0 spiro atoms. The number of hydrogen-bond donors (Lipinski definition) is 0. The van der Waals surface area contributed by atoms with Gasteiger partial charge in [-0.15, -0.1) is 0 Å². The summed E-state index contributed by atoms with van der Waals surface area (Å²) in [5, 5.41) is 0. The molecule has 0 bridgehead atoms. The highest BCUT2D eigenvalue weighted by Crippen LogP contribution is 2.29. The first-order valence-corrected chi connectivity index (χ1v) is 5.50. The molecule has 1 aromatic rings. The van der Waals surface area contributed by atoms with Crippen LogP contribution in [0.25, 0.3) is 0 Å². The second kappa shape index (κ2) is 6.63. The highest BCUT2D eigenvalue weighted by Gasteiger charge is 2.18. The third-order valence-corrected chi connectivity index (χ3v) is 2.45. The lowest BCUT2D eigenvalue weighted by Gasteiger charge is -2.13. The Balaban J connectivity index is 3.12. The summed E-state index contributed by atoms with van der Waals surface area (Å²) in [6.45, 7) is 1.45. The van der Waals surface area contributed by atoms with Gasteiger partial charge in [0.1, 0.15) is 17.1 Å². The SMILES string of the molecule is COC(=O)COc1c(C)cc(OC)cc1C(=O)OC. The predicted molar refractivity (Wildman–Crippen MR) is 66.6 cm³/mol. The van der Waals surface area contributed by atoms with E-state index in [-0.39, 0.29) is 17.9 Å². The Morgan fingerprint density at radius 2 is 1.79 bits per heavy atom. The van der Waals surface area contributed by atoms with Crippen LogP contribution in [0.5, 0.6) is 11.5 Å². The fourth-order valence-electron chi connectivity index (χ4n) is 1.50. The topological polar surface area (TPSA) is 71.1 Å². The molecule has 104 valence electrons. The molecule has 0 N–H and O–H groups in total. The van der Waals surface area contributed by atoms with Crippen LogP contribution < -0.4 is 9.47 Å². The van der Waals surface area contributed by atoms with E-state index in [4.69, 9.17) is 9.47 Å². The molecule has 0 aliphatic heterocycles. The number of rotatable bonds is 5. The number of carbonyl (C=O) groups is 2. The minimum absolute atomic E-state index is 0.197. The van der Waals surface area contributed by atoms with Crippen molar-refractivity contribution in [2.75, 3.05) is 27.9 Å². The maximum absolute atomic E-state index is 11.7. The third kappa shape index (κ3) is 3.61. The van der Waals surface area contributed by atoms with Crippen molar-refractivity contribution in [1.29, 1.82) is 0 Å². The van der Waals surface area contributed by atoms with Gasteiger partial charge in [-0.3, -0.25) is 0 Å². The van der Waals surface area contributed by atoms with E-state index in [2.05, 4.69) is 9.47 Å². The lowest BCUT2D eigenvalue weighted by molar-refractivity contribution is -0.142. The van der Waals surface area contributed by atoms with E-state index >= 15 is 0 Å². The smallest absolute Gasteiger partial charge is 0.343 e. The quantitative estimate of drug-likeness (QED) is 0.750. The Morgan fingerprint density at radius 1 is 1.11 bits per heavy atom. The summed E-state index contributed by atoms with van der Waals surface area (Å²) >= 11 is 0. The Labute approximate surface area is 111 Å². The summed E-state index contributed by atoms with van der Waals surface area (Å²) in [6, 6.07) is 3.19. The van der Waals surface area contributed by atoms with E-state index in [1.54, 1.807) is 13.0 Å². The van der Waals surface area contributed by atoms with Crippen molar-refractivity contribution in [1.82, 2.24) is 0 Å². The zero-order valence-corrected chi connectivity index (χ0v) is 11.3. The first kappa shape index (κ1) is 14.8. The molecule has 0 atom stereocenters. The molecule has 0 amide bonds. The number of benzene rings is 1. The van der Waals surface area contributed by atoms with Gasteiger partial charge in [0.25, 0.3) is 0 Å². The molecule has 0 aliphatic carbocycles. The zero-order chi connectivity index (χ0) is 14.4. The van der Waals surface area contributed by atoms with E-state index in [0.717, 1.165) is 0 Å².